The Kier molecular flexibility index (Phi) is 7.28. The van der Waals surface area contributed by atoms with E-state index in [9.17, 15) is 9.59 Å². The molecule has 0 spiro atoms. The van der Waals surface area contributed by atoms with Gasteiger partial charge in [-0.15, -0.1) is 0 Å². The molecule has 3 rings (SSSR count). The maximum atomic E-state index is 12.9. The molecule has 0 aromatic heterocycles. The molecule has 0 aliphatic carbocycles. The molecule has 0 aromatic carbocycles. The molecule has 0 radical (unpaired) electrons. The molecule has 0 aromatic rings. The van der Waals surface area contributed by atoms with Crippen molar-refractivity contribution in [3.63, 3.8) is 0 Å². The molecule has 3 aliphatic heterocycles. The Morgan fingerprint density at radius 1 is 1.00 bits per heavy atom. The second-order valence-corrected chi connectivity index (χ2v) is 8.06. The van der Waals surface area contributed by atoms with Crippen LogP contribution in [-0.2, 0) is 19.1 Å². The predicted octanol–water partition coefficient (Wildman–Crippen LogP) is 0.442. The summed E-state index contributed by atoms with van der Waals surface area (Å²) in [5, 5.41) is 9.36. The minimum absolute atomic E-state index is 0.00391. The van der Waals surface area contributed by atoms with Gasteiger partial charge in [0.15, 0.2) is 0 Å². The van der Waals surface area contributed by atoms with Gasteiger partial charge in [0.1, 0.15) is 0 Å². The van der Waals surface area contributed by atoms with E-state index < -0.39 is 5.41 Å². The van der Waals surface area contributed by atoms with Crippen LogP contribution in [0.5, 0.6) is 0 Å². The van der Waals surface area contributed by atoms with E-state index in [4.69, 9.17) is 9.47 Å². The highest BCUT2D eigenvalue weighted by Crippen LogP contribution is 2.30. The Morgan fingerprint density at radius 3 is 2.19 bits per heavy atom. The van der Waals surface area contributed by atoms with Crippen LogP contribution in [0.2, 0.25) is 0 Å². The van der Waals surface area contributed by atoms with Gasteiger partial charge < -0.3 is 25.4 Å². The van der Waals surface area contributed by atoms with Gasteiger partial charge in [0.05, 0.1) is 18.6 Å². The van der Waals surface area contributed by atoms with E-state index >= 15 is 0 Å². The first-order valence-corrected chi connectivity index (χ1v) is 10.1. The highest BCUT2D eigenvalue weighted by Gasteiger charge is 2.43. The zero-order chi connectivity index (χ0) is 18.2. The number of carbonyl (C=O) groups is 2. The van der Waals surface area contributed by atoms with Crippen molar-refractivity contribution in [1.82, 2.24) is 16.0 Å². The van der Waals surface area contributed by atoms with Gasteiger partial charge in [-0.25, -0.2) is 0 Å². The quantitative estimate of drug-likeness (QED) is 0.608. The van der Waals surface area contributed by atoms with Crippen molar-refractivity contribution < 1.29 is 19.1 Å². The first-order valence-electron chi connectivity index (χ1n) is 10.1. The Balaban J connectivity index is 1.46. The molecule has 3 N–H and O–H groups in total. The molecule has 26 heavy (non-hydrogen) atoms. The fourth-order valence-corrected chi connectivity index (χ4v) is 4.16. The van der Waals surface area contributed by atoms with Crippen LogP contribution in [-0.4, -0.2) is 64.4 Å². The lowest BCUT2D eigenvalue weighted by Gasteiger charge is -2.29. The van der Waals surface area contributed by atoms with Crippen molar-refractivity contribution >= 4 is 11.8 Å². The number of ether oxygens (including phenoxy) is 2. The summed E-state index contributed by atoms with van der Waals surface area (Å²) in [6, 6.07) is 0. The zero-order valence-corrected chi connectivity index (χ0v) is 15.7. The molecular weight excluding hydrogens is 334 g/mol. The third-order valence-corrected chi connectivity index (χ3v) is 5.87. The van der Waals surface area contributed by atoms with E-state index in [1.54, 1.807) is 0 Å². The lowest BCUT2D eigenvalue weighted by molar-refractivity contribution is -0.136. The van der Waals surface area contributed by atoms with Gasteiger partial charge in [-0.3, -0.25) is 9.59 Å². The second-order valence-electron chi connectivity index (χ2n) is 8.06. The van der Waals surface area contributed by atoms with Crippen molar-refractivity contribution in [1.29, 1.82) is 0 Å². The Morgan fingerprint density at radius 2 is 1.65 bits per heavy atom. The first-order chi connectivity index (χ1) is 12.7. The van der Waals surface area contributed by atoms with Crippen molar-refractivity contribution in [3.8, 4) is 0 Å². The minimum atomic E-state index is -0.622. The third-order valence-electron chi connectivity index (χ3n) is 5.87. The van der Waals surface area contributed by atoms with Gasteiger partial charge in [-0.2, -0.15) is 0 Å². The topological polar surface area (TPSA) is 88.7 Å². The van der Waals surface area contributed by atoms with Gasteiger partial charge in [0.2, 0.25) is 11.8 Å². The molecule has 0 bridgehead atoms. The summed E-state index contributed by atoms with van der Waals surface area (Å²) < 4.78 is 10.9. The summed E-state index contributed by atoms with van der Waals surface area (Å²) in [4.78, 5) is 25.3. The van der Waals surface area contributed by atoms with E-state index in [1.165, 1.54) is 0 Å². The summed E-state index contributed by atoms with van der Waals surface area (Å²) in [5.74, 6) is 0.754. The molecule has 7 nitrogen and oxygen atoms in total. The molecular formula is C19H33N3O4. The van der Waals surface area contributed by atoms with Crippen molar-refractivity contribution in [2.24, 2.45) is 17.3 Å². The second kappa shape index (κ2) is 9.67. The summed E-state index contributed by atoms with van der Waals surface area (Å²) >= 11 is 0. The Bertz CT molecular complexity index is 467. The molecule has 7 heteroatoms. The first kappa shape index (κ1) is 19.6. The summed E-state index contributed by atoms with van der Waals surface area (Å²) in [7, 11) is 0. The van der Waals surface area contributed by atoms with E-state index in [2.05, 4.69) is 16.0 Å². The standard InChI is InChI=1S/C19H33N3O4/c23-17(21-10-15-3-1-7-25-12-15)9-19(5-6-20-14-19)18(24)22-11-16-4-2-8-26-13-16/h15-16,20H,1-14H2,(H,21,23)(H,22,24). The highest BCUT2D eigenvalue weighted by molar-refractivity contribution is 5.89. The molecule has 3 heterocycles. The number of hydrogen-bond acceptors (Lipinski definition) is 5. The lowest BCUT2D eigenvalue weighted by atomic mass is 9.82. The predicted molar refractivity (Wildman–Crippen MR) is 97.6 cm³/mol. The zero-order valence-electron chi connectivity index (χ0n) is 15.7. The highest BCUT2D eigenvalue weighted by atomic mass is 16.5. The third kappa shape index (κ3) is 5.41. The van der Waals surface area contributed by atoms with Crippen molar-refractivity contribution in [2.75, 3.05) is 52.6 Å². The summed E-state index contributed by atoms with van der Waals surface area (Å²) in [6.45, 7) is 5.72. The molecule has 3 aliphatic rings. The van der Waals surface area contributed by atoms with E-state index in [0.717, 1.165) is 58.7 Å². The fraction of sp³-hybridized carbons (Fsp3) is 0.895. The summed E-state index contributed by atoms with van der Waals surface area (Å²) in [6.07, 6.45) is 5.26. The lowest BCUT2D eigenvalue weighted by Crippen LogP contribution is -2.47. The van der Waals surface area contributed by atoms with Gasteiger partial charge in [-0.05, 0) is 50.5 Å². The molecule has 2 amide bonds. The van der Waals surface area contributed by atoms with Crippen LogP contribution in [0, 0.1) is 17.3 Å². The molecule has 3 saturated heterocycles. The normalized spacial score (nSPS) is 32.2. The number of amides is 2. The average molecular weight is 367 g/mol. The van der Waals surface area contributed by atoms with Crippen LogP contribution < -0.4 is 16.0 Å². The number of nitrogens with one attached hydrogen (secondary N) is 3. The SMILES string of the molecule is O=C(CC1(C(=O)NCC2CCCOC2)CCNC1)NCC1CCCOC1. The van der Waals surface area contributed by atoms with Crippen LogP contribution in [0.3, 0.4) is 0 Å². The fourth-order valence-electron chi connectivity index (χ4n) is 4.16. The largest absolute Gasteiger partial charge is 0.381 e. The van der Waals surface area contributed by atoms with Gasteiger partial charge in [0, 0.05) is 39.3 Å². The van der Waals surface area contributed by atoms with Gasteiger partial charge >= 0.3 is 0 Å². The van der Waals surface area contributed by atoms with E-state index in [1.807, 2.05) is 0 Å². The Labute approximate surface area is 155 Å². The molecule has 3 unspecified atom stereocenters. The Hall–Kier alpha value is -1.18. The molecule has 3 fully saturated rings. The minimum Gasteiger partial charge on any atom is -0.381 e. The van der Waals surface area contributed by atoms with E-state index in [-0.39, 0.29) is 18.2 Å². The van der Waals surface area contributed by atoms with Gasteiger partial charge in [-0.1, -0.05) is 0 Å². The maximum Gasteiger partial charge on any atom is 0.228 e. The summed E-state index contributed by atoms with van der Waals surface area (Å²) in [5.41, 5.74) is -0.622. The van der Waals surface area contributed by atoms with Crippen molar-refractivity contribution in [2.45, 2.75) is 38.5 Å². The monoisotopic (exact) mass is 367 g/mol. The van der Waals surface area contributed by atoms with E-state index in [0.29, 0.717) is 37.9 Å². The smallest absolute Gasteiger partial charge is 0.228 e. The number of carbonyl (C=O) groups excluding carboxylic acids is 2. The van der Waals surface area contributed by atoms with Crippen LogP contribution in [0.4, 0.5) is 0 Å². The molecule has 0 saturated carbocycles. The van der Waals surface area contributed by atoms with Crippen molar-refractivity contribution in [3.05, 3.63) is 0 Å². The number of rotatable bonds is 7. The van der Waals surface area contributed by atoms with Gasteiger partial charge in [0.25, 0.3) is 0 Å². The van der Waals surface area contributed by atoms with Crippen LogP contribution >= 0.6 is 0 Å². The molecule has 3 atom stereocenters. The molecule has 148 valence electrons. The number of hydrogen-bond donors (Lipinski definition) is 3. The maximum absolute atomic E-state index is 12.9. The van der Waals surface area contributed by atoms with Crippen LogP contribution in [0.1, 0.15) is 38.5 Å². The average Bonchev–Trinajstić information content (AvgIpc) is 3.16. The van der Waals surface area contributed by atoms with Crippen LogP contribution in [0.15, 0.2) is 0 Å². The van der Waals surface area contributed by atoms with Crippen LogP contribution in [0.25, 0.3) is 0 Å².